The zero-order valence-electron chi connectivity index (χ0n) is 36.7. The molecule has 62 heavy (non-hydrogen) atoms. The van der Waals surface area contributed by atoms with E-state index in [0.29, 0.717) is 25.7 Å². The number of carbonyl (C=O) groups excluding carboxylic acids is 2. The van der Waals surface area contributed by atoms with E-state index in [2.05, 4.69) is 61.6 Å². The van der Waals surface area contributed by atoms with Crippen LogP contribution >= 0.6 is 7.82 Å². The summed E-state index contributed by atoms with van der Waals surface area (Å²) in [5.41, 5.74) is 0. The molecule has 0 heterocycles. The Kier molecular flexibility index (Phi) is 33.1. The van der Waals surface area contributed by atoms with Crippen molar-refractivity contribution in [2.45, 2.75) is 172 Å². The second-order valence-electron chi connectivity index (χ2n) is 15.0. The molecule has 0 radical (unpaired) electrons. The largest absolute Gasteiger partial charge is 0.472 e. The lowest BCUT2D eigenvalue weighted by Gasteiger charge is -2.41. The van der Waals surface area contributed by atoms with Crippen molar-refractivity contribution in [3.63, 3.8) is 0 Å². The van der Waals surface area contributed by atoms with Gasteiger partial charge in [-0.05, 0) is 77.0 Å². The van der Waals surface area contributed by atoms with E-state index in [1.807, 2.05) is 43.4 Å². The normalized spacial score (nSPS) is 23.3. The van der Waals surface area contributed by atoms with Crippen LogP contribution in [0.25, 0.3) is 0 Å². The van der Waals surface area contributed by atoms with Crippen molar-refractivity contribution in [1.82, 2.24) is 0 Å². The third kappa shape index (κ3) is 28.4. The van der Waals surface area contributed by atoms with E-state index in [1.165, 1.54) is 0 Å². The average molecular weight is 895 g/mol. The fraction of sp³-hybridized carbons (Fsp3) is 0.617. The number of ether oxygens (including phenoxy) is 2. The van der Waals surface area contributed by atoms with Crippen LogP contribution in [0.3, 0.4) is 0 Å². The summed E-state index contributed by atoms with van der Waals surface area (Å²) in [6.07, 6.45) is 31.3. The molecule has 0 aromatic carbocycles. The van der Waals surface area contributed by atoms with Crippen LogP contribution in [-0.4, -0.2) is 110 Å². The molecule has 0 spiro atoms. The minimum absolute atomic E-state index is 0.0517. The van der Waals surface area contributed by atoms with Crippen molar-refractivity contribution in [2.75, 3.05) is 13.2 Å². The van der Waals surface area contributed by atoms with Gasteiger partial charge in [-0.3, -0.25) is 18.6 Å². The molecule has 0 aromatic heterocycles. The average Bonchev–Trinajstić information content (AvgIpc) is 3.25. The number of phosphoric acid groups is 1. The Labute approximate surface area is 369 Å². The molecule has 7 N–H and O–H groups in total. The lowest BCUT2D eigenvalue weighted by atomic mass is 9.85. The van der Waals surface area contributed by atoms with Gasteiger partial charge in [-0.2, -0.15) is 0 Å². The number of rotatable bonds is 34. The van der Waals surface area contributed by atoms with Gasteiger partial charge >= 0.3 is 19.8 Å². The number of allylic oxidation sites excluding steroid dienone is 15. The first-order chi connectivity index (χ1) is 29.8. The van der Waals surface area contributed by atoms with Crippen LogP contribution in [0, 0.1) is 0 Å². The Hall–Kier alpha value is -3.27. The highest BCUT2D eigenvalue weighted by Gasteiger charge is 2.51. The van der Waals surface area contributed by atoms with E-state index in [4.69, 9.17) is 18.5 Å². The molecule has 9 atom stereocenters. The number of carbonyl (C=O) groups is 2. The van der Waals surface area contributed by atoms with E-state index in [-0.39, 0.29) is 12.8 Å². The number of esters is 2. The van der Waals surface area contributed by atoms with Gasteiger partial charge in [0.1, 0.15) is 43.2 Å². The summed E-state index contributed by atoms with van der Waals surface area (Å²) >= 11 is 0. The van der Waals surface area contributed by atoms with Crippen LogP contribution in [0.2, 0.25) is 0 Å². The monoisotopic (exact) mass is 894 g/mol. The number of hydrogen-bond acceptors (Lipinski definition) is 13. The summed E-state index contributed by atoms with van der Waals surface area (Å²) in [4.78, 5) is 35.6. The van der Waals surface area contributed by atoms with E-state index < -0.39 is 81.8 Å². The smallest absolute Gasteiger partial charge is 0.462 e. The van der Waals surface area contributed by atoms with Gasteiger partial charge < -0.3 is 45.0 Å². The predicted octanol–water partition coefficient (Wildman–Crippen LogP) is 7.24. The molecular weight excluding hydrogens is 819 g/mol. The third-order valence-corrected chi connectivity index (χ3v) is 10.6. The van der Waals surface area contributed by atoms with Crippen molar-refractivity contribution in [2.24, 2.45) is 0 Å². The fourth-order valence-electron chi connectivity index (χ4n) is 5.88. The molecule has 0 bridgehead atoms. The molecule has 1 saturated carbocycles. The number of phosphoric ester groups is 1. The second kappa shape index (κ2) is 36.1. The molecule has 15 heteroatoms. The molecule has 352 valence electrons. The highest BCUT2D eigenvalue weighted by Crippen LogP contribution is 2.47. The molecule has 0 amide bonds. The number of unbranched alkanes of at least 4 members (excludes halogenated alkanes) is 6. The van der Waals surface area contributed by atoms with E-state index in [0.717, 1.165) is 70.6 Å². The topological polar surface area (TPSA) is 230 Å². The molecule has 1 fully saturated rings. The van der Waals surface area contributed by atoms with Crippen molar-refractivity contribution in [3.8, 4) is 0 Å². The van der Waals surface area contributed by atoms with Crippen LogP contribution in [0.5, 0.6) is 0 Å². The van der Waals surface area contributed by atoms with Gasteiger partial charge in [-0.1, -0.05) is 130 Å². The van der Waals surface area contributed by atoms with Crippen LogP contribution in [0.15, 0.2) is 97.2 Å². The number of hydrogen-bond donors (Lipinski definition) is 7. The van der Waals surface area contributed by atoms with Gasteiger partial charge in [0.15, 0.2) is 6.10 Å². The molecular formula is C47H75O14P. The maximum Gasteiger partial charge on any atom is 0.472 e. The Bertz CT molecular complexity index is 1470. The van der Waals surface area contributed by atoms with Gasteiger partial charge in [-0.15, -0.1) is 0 Å². The molecule has 1 rings (SSSR count). The molecule has 0 aliphatic heterocycles. The summed E-state index contributed by atoms with van der Waals surface area (Å²) < 4.78 is 33.4. The second-order valence-corrected chi connectivity index (χ2v) is 16.4. The van der Waals surface area contributed by atoms with Crippen molar-refractivity contribution in [3.05, 3.63) is 97.2 Å². The summed E-state index contributed by atoms with van der Waals surface area (Å²) in [5.74, 6) is -1.22. The van der Waals surface area contributed by atoms with Gasteiger partial charge in [0.05, 0.1) is 12.7 Å². The highest BCUT2D eigenvalue weighted by molar-refractivity contribution is 7.47. The Morgan fingerprint density at radius 1 is 0.581 bits per heavy atom. The third-order valence-electron chi connectivity index (χ3n) is 9.58. The molecule has 0 saturated heterocycles. The van der Waals surface area contributed by atoms with Gasteiger partial charge in [0.2, 0.25) is 0 Å². The predicted molar refractivity (Wildman–Crippen MR) is 240 cm³/mol. The zero-order valence-corrected chi connectivity index (χ0v) is 37.6. The summed E-state index contributed by atoms with van der Waals surface area (Å²) in [5, 5.41) is 59.6. The highest BCUT2D eigenvalue weighted by atomic mass is 31.2. The Morgan fingerprint density at radius 2 is 1.06 bits per heavy atom. The summed E-state index contributed by atoms with van der Waals surface area (Å²) in [6.45, 7) is 2.77. The Balaban J connectivity index is 2.55. The molecule has 0 aromatic rings. The quantitative estimate of drug-likeness (QED) is 0.0111. The first-order valence-corrected chi connectivity index (χ1v) is 23.6. The Morgan fingerprint density at radius 3 is 1.65 bits per heavy atom. The van der Waals surface area contributed by atoms with Gasteiger partial charge in [-0.25, -0.2) is 4.57 Å². The van der Waals surface area contributed by atoms with Crippen LogP contribution in [0.1, 0.15) is 123 Å². The van der Waals surface area contributed by atoms with E-state index >= 15 is 0 Å². The standard InChI is InChI=1S/C47H75O14P/c1-3-5-6-7-8-9-10-11-12-17-20-23-26-29-32-35-41(50)60-39(37-59-62(56,57)61-47-45(54)43(52)42(51)44(53)46(47)55)36-58-40(49)34-31-28-25-22-19-16-14-13-15-18-21-24-27-30-33-38(48)4-2/h5-6,8-9,11-12,14-16,18,22,24-25,27,30,33,38-39,42-48,51-55H,3-4,7,10,13,17,19-21,23,26,28-29,31-32,34-37H2,1-2H3,(H,56,57)/b6-5-,9-8-,12-11-,16-14-,18-15-,25-22-,27-24-,33-30+/t38-,39+,42?,43-,44+,45+,46+,47?/m0/s1. The molecule has 3 unspecified atom stereocenters. The minimum atomic E-state index is -5.15. The fourth-order valence-corrected chi connectivity index (χ4v) is 6.85. The molecule has 1 aliphatic carbocycles. The summed E-state index contributed by atoms with van der Waals surface area (Å²) in [7, 11) is -5.15. The maximum atomic E-state index is 12.8. The number of aliphatic hydroxyl groups is 6. The number of aliphatic hydroxyl groups excluding tert-OH is 6. The van der Waals surface area contributed by atoms with Crippen LogP contribution in [0.4, 0.5) is 0 Å². The van der Waals surface area contributed by atoms with Gasteiger partial charge in [0.25, 0.3) is 0 Å². The van der Waals surface area contributed by atoms with Crippen molar-refractivity contribution < 1.29 is 68.2 Å². The van der Waals surface area contributed by atoms with Crippen LogP contribution in [-0.2, 0) is 32.7 Å². The molecule has 1 aliphatic rings. The van der Waals surface area contributed by atoms with Gasteiger partial charge in [0, 0.05) is 12.8 Å². The van der Waals surface area contributed by atoms with Crippen molar-refractivity contribution in [1.29, 1.82) is 0 Å². The first kappa shape index (κ1) is 56.7. The lowest BCUT2D eigenvalue weighted by Crippen LogP contribution is -2.64. The lowest BCUT2D eigenvalue weighted by molar-refractivity contribution is -0.220. The minimum Gasteiger partial charge on any atom is -0.462 e. The van der Waals surface area contributed by atoms with E-state index in [1.54, 1.807) is 6.08 Å². The summed E-state index contributed by atoms with van der Waals surface area (Å²) in [6, 6.07) is 0. The zero-order chi connectivity index (χ0) is 45.9. The maximum absolute atomic E-state index is 12.8. The van der Waals surface area contributed by atoms with E-state index in [9.17, 15) is 49.7 Å². The first-order valence-electron chi connectivity index (χ1n) is 22.1. The molecule has 14 nitrogen and oxygen atoms in total. The van der Waals surface area contributed by atoms with Crippen molar-refractivity contribution >= 4 is 19.8 Å². The van der Waals surface area contributed by atoms with Crippen LogP contribution < -0.4 is 0 Å². The SMILES string of the molecule is CC/C=C\C/C=C\C/C=C\CCCCCCCC(=O)O[C@H](COC(=O)CCC/C=C\C/C=C\C/C=C\C/C=C\C=C\[C@@H](O)CC)COP(=O)(O)OC1[C@H](O)[C@H](O)C(O)[C@H](O)[C@H]1O.